The molecule has 1 aliphatic rings. The van der Waals surface area contributed by atoms with E-state index in [0.717, 1.165) is 33.5 Å². The van der Waals surface area contributed by atoms with Gasteiger partial charge in [0.1, 0.15) is 11.4 Å². The topological polar surface area (TPSA) is 77.0 Å². The van der Waals surface area contributed by atoms with E-state index in [1.807, 2.05) is 87.5 Å². The fourth-order valence-electron chi connectivity index (χ4n) is 4.34. The van der Waals surface area contributed by atoms with E-state index in [9.17, 15) is 9.36 Å². The van der Waals surface area contributed by atoms with Gasteiger partial charge < -0.3 is 14.6 Å². The Bertz CT molecular complexity index is 1280. The number of amides is 1. The van der Waals surface area contributed by atoms with Crippen LogP contribution in [0.1, 0.15) is 64.3 Å². The molecule has 0 saturated heterocycles. The smallest absolute Gasteiger partial charge is 0.408 e. The molecule has 1 unspecified atom stereocenters. The van der Waals surface area contributed by atoms with Crippen molar-refractivity contribution in [2.75, 3.05) is 0 Å². The van der Waals surface area contributed by atoms with Gasteiger partial charge in [-0.15, -0.1) is 0 Å². The highest BCUT2D eigenvalue weighted by Crippen LogP contribution is 2.45. The number of carbonyl (C=O) groups excluding carboxylic acids is 1. The molecule has 1 N–H and O–H groups in total. The normalized spacial score (nSPS) is 15.2. The van der Waals surface area contributed by atoms with Gasteiger partial charge >= 0.3 is 6.09 Å². The van der Waals surface area contributed by atoms with Crippen molar-refractivity contribution >= 4 is 19.8 Å². The molecule has 3 aromatic carbocycles. The maximum Gasteiger partial charge on any atom is 0.408 e. The van der Waals surface area contributed by atoms with Crippen LogP contribution >= 0.6 is 8.03 Å². The molecule has 6 nitrogen and oxygen atoms in total. The minimum absolute atomic E-state index is 0.607. The Labute approximate surface area is 220 Å². The first-order chi connectivity index (χ1) is 17.4. The van der Waals surface area contributed by atoms with Crippen molar-refractivity contribution < 1.29 is 18.6 Å². The Morgan fingerprint density at radius 1 is 0.757 bits per heavy atom. The summed E-state index contributed by atoms with van der Waals surface area (Å²) in [6.45, 7) is 11.0. The minimum atomic E-state index is -2.82. The van der Waals surface area contributed by atoms with Gasteiger partial charge in [0.05, 0.1) is 17.4 Å². The number of hydrogen-bond donors (Lipinski definition) is 1. The highest BCUT2D eigenvalue weighted by molar-refractivity contribution is 7.40. The van der Waals surface area contributed by atoms with E-state index in [4.69, 9.17) is 14.3 Å². The number of alkyl carbamates (subject to hydrolysis) is 1. The molecule has 4 rings (SSSR count). The van der Waals surface area contributed by atoms with E-state index >= 15 is 0 Å². The Balaban J connectivity index is 1.87. The summed E-state index contributed by atoms with van der Waals surface area (Å²) >= 11 is 0. The molecule has 1 aliphatic carbocycles. The Morgan fingerprint density at radius 2 is 1.24 bits per heavy atom. The quantitative estimate of drug-likeness (QED) is 0.270. The van der Waals surface area contributed by atoms with Crippen molar-refractivity contribution in [3.8, 4) is 11.1 Å². The van der Waals surface area contributed by atoms with Gasteiger partial charge in [-0.05, 0) is 58.2 Å². The maximum atomic E-state index is 13.9. The van der Waals surface area contributed by atoms with Crippen LogP contribution in [-0.2, 0) is 13.8 Å². The largest absolute Gasteiger partial charge is 0.444 e. The molecule has 0 bridgehead atoms. The van der Waals surface area contributed by atoms with Gasteiger partial charge in [0.2, 0.25) is 8.03 Å². The predicted molar refractivity (Wildman–Crippen MR) is 150 cm³/mol. The third kappa shape index (κ3) is 6.57. The first kappa shape index (κ1) is 26.8. The molecule has 3 aromatic rings. The number of fused-ring (bicyclic) bond motifs is 3. The molecule has 7 heteroatoms. The van der Waals surface area contributed by atoms with Gasteiger partial charge in [0.25, 0.3) is 0 Å². The summed E-state index contributed by atoms with van der Waals surface area (Å²) in [5, 5.41) is 2.96. The van der Waals surface area contributed by atoms with Crippen LogP contribution in [0.15, 0.2) is 83.9 Å². The number of benzene rings is 3. The highest BCUT2D eigenvalue weighted by atomic mass is 31.1. The molecule has 3 atom stereocenters. The highest BCUT2D eigenvalue weighted by Gasteiger charge is 2.35. The zero-order chi connectivity index (χ0) is 26.8. The van der Waals surface area contributed by atoms with Crippen LogP contribution in [0.3, 0.4) is 0 Å². The van der Waals surface area contributed by atoms with Crippen molar-refractivity contribution in [1.82, 2.24) is 5.32 Å². The van der Waals surface area contributed by atoms with E-state index in [0.29, 0.717) is 0 Å². The van der Waals surface area contributed by atoms with E-state index in [-0.39, 0.29) is 0 Å². The molecule has 0 saturated carbocycles. The molecule has 0 aliphatic heterocycles. The second-order valence-electron chi connectivity index (χ2n) is 11.1. The van der Waals surface area contributed by atoms with Crippen LogP contribution in [0, 0.1) is 0 Å². The van der Waals surface area contributed by atoms with Crippen LogP contribution < -0.4 is 5.32 Å². The summed E-state index contributed by atoms with van der Waals surface area (Å²) < 4.78 is 25.5. The van der Waals surface area contributed by atoms with Gasteiger partial charge in [-0.1, -0.05) is 78.9 Å². The van der Waals surface area contributed by atoms with Crippen LogP contribution in [0.2, 0.25) is 0 Å². The number of carbonyl (C=O) groups is 1. The summed E-state index contributed by atoms with van der Waals surface area (Å²) in [6, 6.07) is 24.8. The van der Waals surface area contributed by atoms with Gasteiger partial charge in [-0.3, -0.25) is 9.56 Å². The minimum Gasteiger partial charge on any atom is -0.444 e. The SMILES string of the molecule is CC(C)(C)OC(=O)N[C@@H](c1ccccc1)[C@@H](N=C1c2ccccc2-c2ccccc21)[PH](=O)OC(C)(C)C. The molecule has 37 heavy (non-hydrogen) atoms. The fraction of sp³-hybridized carbons (Fsp3) is 0.333. The summed E-state index contributed by atoms with van der Waals surface area (Å²) in [5.74, 6) is -0.881. The standard InChI is InChI=1S/C30H35N2O4P/c1-29(2,3)35-28(33)32-25(20-14-8-7-9-15-20)27(37(34)36-30(4,5)6)31-26-23-18-12-10-16-21(23)22-17-11-13-19-24(22)26/h7-19,25,27,37H,1-6H3,(H,32,33)/t25-,27-/m0/s1. The molecular weight excluding hydrogens is 483 g/mol. The van der Waals surface area contributed by atoms with Gasteiger partial charge in [0.15, 0.2) is 0 Å². The van der Waals surface area contributed by atoms with Crippen molar-refractivity contribution in [2.45, 2.75) is 64.6 Å². The summed E-state index contributed by atoms with van der Waals surface area (Å²) in [5.41, 5.74) is 4.21. The van der Waals surface area contributed by atoms with Crippen molar-refractivity contribution in [3.63, 3.8) is 0 Å². The molecular formula is C30H35N2O4P. The average molecular weight is 519 g/mol. The number of aliphatic imine (C=N–C) groups is 1. The van der Waals surface area contributed by atoms with Crippen LogP contribution in [-0.4, -0.2) is 28.8 Å². The Kier molecular flexibility index (Phi) is 7.72. The Hall–Kier alpha value is -3.21. The van der Waals surface area contributed by atoms with E-state index in [1.165, 1.54) is 0 Å². The number of nitrogens with zero attached hydrogens (tertiary/aromatic N) is 1. The lowest BCUT2D eigenvalue weighted by Gasteiger charge is -2.30. The monoisotopic (exact) mass is 518 g/mol. The summed E-state index contributed by atoms with van der Waals surface area (Å²) in [4.78, 5) is 18.1. The Morgan fingerprint density at radius 3 is 1.73 bits per heavy atom. The lowest BCUT2D eigenvalue weighted by Crippen LogP contribution is -2.39. The van der Waals surface area contributed by atoms with E-state index < -0.39 is 37.1 Å². The van der Waals surface area contributed by atoms with Crippen LogP contribution in [0.4, 0.5) is 4.79 Å². The average Bonchev–Trinajstić information content (AvgIpc) is 3.13. The molecule has 0 fully saturated rings. The number of hydrogen-bond acceptors (Lipinski definition) is 5. The van der Waals surface area contributed by atoms with Gasteiger partial charge in [-0.2, -0.15) is 0 Å². The lowest BCUT2D eigenvalue weighted by molar-refractivity contribution is 0.0501. The first-order valence-corrected chi connectivity index (χ1v) is 13.9. The van der Waals surface area contributed by atoms with Crippen molar-refractivity contribution in [2.24, 2.45) is 4.99 Å². The molecule has 0 radical (unpaired) electrons. The number of rotatable bonds is 6. The van der Waals surface area contributed by atoms with Gasteiger partial charge in [0, 0.05) is 11.1 Å². The fourth-order valence-corrected chi connectivity index (χ4v) is 5.84. The van der Waals surface area contributed by atoms with E-state index in [2.05, 4.69) is 17.4 Å². The van der Waals surface area contributed by atoms with Crippen molar-refractivity contribution in [1.29, 1.82) is 0 Å². The van der Waals surface area contributed by atoms with E-state index in [1.54, 1.807) is 20.8 Å². The molecule has 0 aromatic heterocycles. The number of nitrogens with one attached hydrogen (secondary N) is 1. The third-order valence-electron chi connectivity index (χ3n) is 5.72. The van der Waals surface area contributed by atoms with Crippen molar-refractivity contribution in [3.05, 3.63) is 95.6 Å². The lowest BCUT2D eigenvalue weighted by atomic mass is 10.1. The zero-order valence-corrected chi connectivity index (χ0v) is 23.2. The molecule has 1 amide bonds. The maximum absolute atomic E-state index is 13.9. The van der Waals surface area contributed by atoms with Crippen LogP contribution in [0.25, 0.3) is 11.1 Å². The zero-order valence-electron chi connectivity index (χ0n) is 22.2. The second kappa shape index (κ2) is 10.6. The first-order valence-electron chi connectivity index (χ1n) is 12.5. The second-order valence-corrected chi connectivity index (χ2v) is 12.5. The molecule has 0 heterocycles. The molecule has 0 spiro atoms. The molecule has 194 valence electrons. The third-order valence-corrected chi connectivity index (χ3v) is 7.48. The summed E-state index contributed by atoms with van der Waals surface area (Å²) in [7, 11) is -2.82. The summed E-state index contributed by atoms with van der Waals surface area (Å²) in [6.07, 6.45) is -0.607. The van der Waals surface area contributed by atoms with Crippen LogP contribution in [0.5, 0.6) is 0 Å². The van der Waals surface area contributed by atoms with Gasteiger partial charge in [-0.25, -0.2) is 4.79 Å². The predicted octanol–water partition coefficient (Wildman–Crippen LogP) is 7.39. The number of ether oxygens (including phenoxy) is 1.